The van der Waals surface area contributed by atoms with Crippen LogP contribution in [0.2, 0.25) is 0 Å². The second-order valence-electron chi connectivity index (χ2n) is 6.96. The Morgan fingerprint density at radius 3 is 2.76 bits per heavy atom. The number of nitrogens with one attached hydrogen (secondary N) is 1. The van der Waals surface area contributed by atoms with Crippen molar-refractivity contribution in [3.05, 3.63) is 54.1 Å². The molecule has 152 valence electrons. The van der Waals surface area contributed by atoms with Crippen LogP contribution in [-0.2, 0) is 19.1 Å². The van der Waals surface area contributed by atoms with Crippen LogP contribution in [0, 0.1) is 6.92 Å². The van der Waals surface area contributed by atoms with Crippen LogP contribution in [0.3, 0.4) is 0 Å². The van der Waals surface area contributed by atoms with Gasteiger partial charge in [0.05, 0.1) is 24.4 Å². The monoisotopic (exact) mass is 396 g/mol. The molecule has 3 rings (SSSR count). The number of carbonyl (C=O) groups excluding carboxylic acids is 3. The molecule has 29 heavy (non-hydrogen) atoms. The number of hydrogen-bond donors (Lipinski definition) is 1. The number of benzene rings is 2. The lowest BCUT2D eigenvalue weighted by Gasteiger charge is -2.27. The van der Waals surface area contributed by atoms with E-state index in [1.807, 2.05) is 31.2 Å². The second-order valence-corrected chi connectivity index (χ2v) is 6.96. The summed E-state index contributed by atoms with van der Waals surface area (Å²) in [5.74, 6) is -0.378. The molecule has 1 atom stereocenters. The van der Waals surface area contributed by atoms with Gasteiger partial charge < -0.3 is 19.7 Å². The summed E-state index contributed by atoms with van der Waals surface area (Å²) in [6.07, 6.45) is 0.200. The zero-order valence-corrected chi connectivity index (χ0v) is 16.5. The molecule has 0 aliphatic carbocycles. The van der Waals surface area contributed by atoms with E-state index in [1.165, 1.54) is 4.90 Å². The maximum absolute atomic E-state index is 12.7. The van der Waals surface area contributed by atoms with Crippen LogP contribution in [0.15, 0.2) is 48.5 Å². The number of esters is 1. The summed E-state index contributed by atoms with van der Waals surface area (Å²) in [5, 5.41) is 2.79. The zero-order valence-electron chi connectivity index (χ0n) is 16.5. The minimum absolute atomic E-state index is 0.0351. The van der Waals surface area contributed by atoms with Crippen LogP contribution in [0.4, 0.5) is 11.4 Å². The number of amides is 2. The highest BCUT2D eigenvalue weighted by Crippen LogP contribution is 2.31. The van der Waals surface area contributed by atoms with Gasteiger partial charge in [0.1, 0.15) is 5.75 Å². The van der Waals surface area contributed by atoms with Gasteiger partial charge in [0.25, 0.3) is 5.91 Å². The minimum Gasteiger partial charge on any atom is -0.493 e. The molecule has 2 aromatic carbocycles. The summed E-state index contributed by atoms with van der Waals surface area (Å²) in [7, 11) is 0. The number of anilines is 2. The first-order valence-electron chi connectivity index (χ1n) is 9.50. The van der Waals surface area contributed by atoms with E-state index in [9.17, 15) is 14.4 Å². The SMILES string of the molecule is Cc1cccc(OCCC(=O)OCC(=O)N2c3ccccc3NC(=O)C[C@@H]2C)c1. The highest BCUT2D eigenvalue weighted by atomic mass is 16.5. The number of hydrogen-bond acceptors (Lipinski definition) is 5. The van der Waals surface area contributed by atoms with Crippen LogP contribution >= 0.6 is 0 Å². The summed E-state index contributed by atoms with van der Waals surface area (Å²) >= 11 is 0. The van der Waals surface area contributed by atoms with E-state index in [0.717, 1.165) is 5.56 Å². The molecule has 1 aliphatic heterocycles. The predicted octanol–water partition coefficient (Wildman–Crippen LogP) is 3.07. The second kappa shape index (κ2) is 9.23. The quantitative estimate of drug-likeness (QED) is 0.759. The summed E-state index contributed by atoms with van der Waals surface area (Å²) in [6.45, 7) is 3.52. The van der Waals surface area contributed by atoms with E-state index < -0.39 is 12.6 Å². The molecule has 2 amide bonds. The summed E-state index contributed by atoms with van der Waals surface area (Å²) in [6, 6.07) is 14.2. The van der Waals surface area contributed by atoms with Crippen LogP contribution in [-0.4, -0.2) is 37.0 Å². The van der Waals surface area contributed by atoms with E-state index in [4.69, 9.17) is 9.47 Å². The molecule has 0 spiro atoms. The number of aryl methyl sites for hydroxylation is 1. The van der Waals surface area contributed by atoms with E-state index in [1.54, 1.807) is 31.2 Å². The van der Waals surface area contributed by atoms with Gasteiger partial charge in [-0.15, -0.1) is 0 Å². The first-order chi connectivity index (χ1) is 13.9. The molecule has 0 saturated carbocycles. The van der Waals surface area contributed by atoms with Gasteiger partial charge in [-0.05, 0) is 43.7 Å². The molecule has 7 heteroatoms. The average molecular weight is 396 g/mol. The minimum atomic E-state index is -0.518. The normalized spacial score (nSPS) is 15.7. The van der Waals surface area contributed by atoms with Crippen LogP contribution in [0.1, 0.15) is 25.3 Å². The molecule has 0 fully saturated rings. The van der Waals surface area contributed by atoms with E-state index in [0.29, 0.717) is 17.1 Å². The zero-order chi connectivity index (χ0) is 20.8. The number of rotatable bonds is 6. The third kappa shape index (κ3) is 5.34. The molecule has 0 saturated heterocycles. The van der Waals surface area contributed by atoms with Crippen LogP contribution < -0.4 is 15.0 Å². The number of fused-ring (bicyclic) bond motifs is 1. The fraction of sp³-hybridized carbons (Fsp3) is 0.318. The molecule has 1 heterocycles. The Bertz CT molecular complexity index is 912. The Hall–Kier alpha value is -3.35. The maximum Gasteiger partial charge on any atom is 0.309 e. The number of para-hydroxylation sites is 2. The lowest BCUT2D eigenvalue weighted by atomic mass is 10.1. The van der Waals surface area contributed by atoms with Crippen molar-refractivity contribution in [1.29, 1.82) is 0 Å². The van der Waals surface area contributed by atoms with Gasteiger partial charge in [0, 0.05) is 12.5 Å². The van der Waals surface area contributed by atoms with Crippen molar-refractivity contribution in [3.63, 3.8) is 0 Å². The van der Waals surface area contributed by atoms with E-state index in [2.05, 4.69) is 5.32 Å². The standard InChI is InChI=1S/C22H24N2O5/c1-15-6-5-7-17(12-15)28-11-10-22(27)29-14-21(26)24-16(2)13-20(25)23-18-8-3-4-9-19(18)24/h3-9,12,16H,10-11,13-14H2,1-2H3,(H,23,25)/t16-/m0/s1. The van der Waals surface area contributed by atoms with Gasteiger partial charge in [-0.3, -0.25) is 14.4 Å². The van der Waals surface area contributed by atoms with Crippen molar-refractivity contribution >= 4 is 29.2 Å². The first-order valence-corrected chi connectivity index (χ1v) is 9.50. The maximum atomic E-state index is 12.7. The lowest BCUT2D eigenvalue weighted by Crippen LogP contribution is -2.41. The summed E-state index contributed by atoms with van der Waals surface area (Å²) < 4.78 is 10.7. The van der Waals surface area contributed by atoms with Crippen molar-refractivity contribution in [2.75, 3.05) is 23.4 Å². The van der Waals surface area contributed by atoms with Crippen molar-refractivity contribution in [3.8, 4) is 5.75 Å². The van der Waals surface area contributed by atoms with Crippen molar-refractivity contribution in [1.82, 2.24) is 0 Å². The lowest BCUT2D eigenvalue weighted by molar-refractivity contribution is -0.148. The molecule has 0 unspecified atom stereocenters. The Kier molecular flexibility index (Phi) is 6.49. The van der Waals surface area contributed by atoms with Crippen molar-refractivity contribution in [2.24, 2.45) is 0 Å². The largest absolute Gasteiger partial charge is 0.493 e. The molecule has 0 aromatic heterocycles. The molecular formula is C22H24N2O5. The predicted molar refractivity (Wildman–Crippen MR) is 109 cm³/mol. The number of nitrogens with zero attached hydrogens (tertiary/aromatic N) is 1. The highest BCUT2D eigenvalue weighted by molar-refractivity contribution is 6.05. The fourth-order valence-corrected chi connectivity index (χ4v) is 3.21. The molecule has 1 aliphatic rings. The fourth-order valence-electron chi connectivity index (χ4n) is 3.21. The Labute approximate surface area is 169 Å². The Morgan fingerprint density at radius 1 is 1.17 bits per heavy atom. The van der Waals surface area contributed by atoms with Gasteiger partial charge in [0.15, 0.2) is 6.61 Å². The molecule has 0 radical (unpaired) electrons. The van der Waals surface area contributed by atoms with Gasteiger partial charge in [-0.25, -0.2) is 0 Å². The Morgan fingerprint density at radius 2 is 1.97 bits per heavy atom. The molecule has 1 N–H and O–H groups in total. The summed E-state index contributed by atoms with van der Waals surface area (Å²) in [5.41, 5.74) is 2.22. The van der Waals surface area contributed by atoms with E-state index >= 15 is 0 Å². The van der Waals surface area contributed by atoms with Crippen LogP contribution in [0.25, 0.3) is 0 Å². The Balaban J connectivity index is 1.54. The third-order valence-corrected chi connectivity index (χ3v) is 4.55. The molecule has 2 aromatic rings. The summed E-state index contributed by atoms with van der Waals surface area (Å²) in [4.78, 5) is 38.2. The molecule has 7 nitrogen and oxygen atoms in total. The van der Waals surface area contributed by atoms with Gasteiger partial charge in [0.2, 0.25) is 5.91 Å². The topological polar surface area (TPSA) is 84.9 Å². The van der Waals surface area contributed by atoms with Gasteiger partial charge in [-0.1, -0.05) is 24.3 Å². The highest BCUT2D eigenvalue weighted by Gasteiger charge is 2.30. The van der Waals surface area contributed by atoms with Gasteiger partial charge >= 0.3 is 5.97 Å². The van der Waals surface area contributed by atoms with E-state index in [-0.39, 0.29) is 37.3 Å². The molecular weight excluding hydrogens is 372 g/mol. The smallest absolute Gasteiger partial charge is 0.309 e. The van der Waals surface area contributed by atoms with Crippen molar-refractivity contribution in [2.45, 2.75) is 32.7 Å². The molecule has 0 bridgehead atoms. The van der Waals surface area contributed by atoms with Gasteiger partial charge in [-0.2, -0.15) is 0 Å². The number of ether oxygens (including phenoxy) is 2. The number of carbonyl (C=O) groups is 3. The first kappa shape index (κ1) is 20.4. The van der Waals surface area contributed by atoms with Crippen LogP contribution in [0.5, 0.6) is 5.75 Å². The van der Waals surface area contributed by atoms with Crippen molar-refractivity contribution < 1.29 is 23.9 Å². The third-order valence-electron chi connectivity index (χ3n) is 4.55. The average Bonchev–Trinajstić information content (AvgIpc) is 2.80.